The Bertz CT molecular complexity index is 1490. The van der Waals surface area contributed by atoms with E-state index in [1.807, 2.05) is 6.07 Å². The number of anilines is 2. The number of hydrogen-bond acceptors (Lipinski definition) is 9. The van der Waals surface area contributed by atoms with Gasteiger partial charge in [-0.2, -0.15) is 4.98 Å². The number of carbonyl (C=O) groups is 1. The van der Waals surface area contributed by atoms with Gasteiger partial charge in [-0.05, 0) is 54.8 Å². The standard InChI is InChI=1S/C33H54ClN5O7Si2/c1-32(2,3)47(7,8)43-21-26-24(46-48(9,10)33(4,5)6)19-27(45-26)39-20-25-29(38-31(39)41)37-28-22(13-11-14-23(28)44-25)42-18-17-36-30(40)35-16-12-15-34/h11,13-14,20,24,26-27H,12,15-19,21H2,1-10H3,(H2,35,36,40)(H,37,38,41)/t24-,26+,27+/m0/s1. The molecule has 48 heavy (non-hydrogen) atoms. The second-order valence-corrected chi connectivity index (χ2v) is 25.4. The van der Waals surface area contributed by atoms with Crippen LogP contribution in [-0.4, -0.2) is 76.6 Å². The number of benzene rings is 1. The lowest BCUT2D eigenvalue weighted by atomic mass is 10.2. The van der Waals surface area contributed by atoms with Crippen LogP contribution in [0.15, 0.2) is 29.2 Å². The van der Waals surface area contributed by atoms with E-state index in [2.05, 4.69) is 88.7 Å². The molecule has 4 rings (SSSR count). The summed E-state index contributed by atoms with van der Waals surface area (Å²) in [6.07, 6.45) is 1.64. The Labute approximate surface area is 291 Å². The summed E-state index contributed by atoms with van der Waals surface area (Å²) in [5, 5.41) is 8.73. The molecule has 0 bridgehead atoms. The average Bonchev–Trinajstić information content (AvgIpc) is 3.37. The van der Waals surface area contributed by atoms with Crippen molar-refractivity contribution in [2.24, 2.45) is 0 Å². The first-order valence-corrected chi connectivity index (χ1v) is 23.1. The second-order valence-electron chi connectivity index (χ2n) is 15.4. The van der Waals surface area contributed by atoms with Crippen molar-refractivity contribution in [1.82, 2.24) is 20.2 Å². The number of hydrogen-bond donors (Lipinski definition) is 3. The third kappa shape index (κ3) is 9.13. The number of rotatable bonds is 13. The van der Waals surface area contributed by atoms with Crippen LogP contribution in [0, 0.1) is 0 Å². The van der Waals surface area contributed by atoms with Gasteiger partial charge in [-0.3, -0.25) is 4.57 Å². The lowest BCUT2D eigenvalue weighted by Gasteiger charge is -2.40. The number of halogens is 1. The SMILES string of the molecule is CC(C)(C)[Si](C)(C)OC[C@H]1O[C@@H](n2cc3c(nc2=O)Nc2c(OCCNC(=O)NCCCCl)cccc2O3)C[C@@H]1O[Si](C)(C)C(C)(C)C. The molecule has 15 heteroatoms. The molecule has 1 fully saturated rings. The molecule has 3 atom stereocenters. The van der Waals surface area contributed by atoms with Crippen LogP contribution in [0.1, 0.15) is 60.6 Å². The lowest BCUT2D eigenvalue weighted by molar-refractivity contribution is -0.0413. The van der Waals surface area contributed by atoms with E-state index in [1.165, 1.54) is 4.57 Å². The summed E-state index contributed by atoms with van der Waals surface area (Å²) in [6, 6.07) is 5.11. The van der Waals surface area contributed by atoms with E-state index in [9.17, 15) is 9.59 Å². The molecular weight excluding hydrogens is 670 g/mol. The molecule has 1 aromatic carbocycles. The topological polar surface area (TPSA) is 134 Å². The predicted molar refractivity (Wildman–Crippen MR) is 194 cm³/mol. The average molecular weight is 724 g/mol. The highest BCUT2D eigenvalue weighted by Gasteiger charge is 2.47. The summed E-state index contributed by atoms with van der Waals surface area (Å²) in [5.41, 5.74) is 0.0714. The van der Waals surface area contributed by atoms with Crippen molar-refractivity contribution in [3.05, 3.63) is 34.9 Å². The van der Waals surface area contributed by atoms with E-state index in [0.717, 1.165) is 0 Å². The van der Waals surface area contributed by atoms with Crippen LogP contribution in [0.5, 0.6) is 17.2 Å². The van der Waals surface area contributed by atoms with Crippen molar-refractivity contribution in [2.45, 2.75) is 109 Å². The molecule has 12 nitrogen and oxygen atoms in total. The van der Waals surface area contributed by atoms with Crippen LogP contribution in [0.2, 0.25) is 36.3 Å². The molecule has 1 aromatic heterocycles. The third-order valence-corrected chi connectivity index (χ3v) is 19.0. The number of nitrogens with one attached hydrogen (secondary N) is 3. The highest BCUT2D eigenvalue weighted by atomic mass is 35.5. The number of ether oxygens (including phenoxy) is 3. The summed E-state index contributed by atoms with van der Waals surface area (Å²) in [6.45, 7) is 23.6. The highest BCUT2D eigenvalue weighted by molar-refractivity contribution is 6.74. The van der Waals surface area contributed by atoms with Gasteiger partial charge in [0, 0.05) is 18.8 Å². The van der Waals surface area contributed by atoms with Crippen LogP contribution in [0.3, 0.4) is 0 Å². The molecule has 3 heterocycles. The van der Waals surface area contributed by atoms with Gasteiger partial charge >= 0.3 is 11.7 Å². The number of para-hydroxylation sites is 1. The van der Waals surface area contributed by atoms with Gasteiger partial charge < -0.3 is 39.0 Å². The van der Waals surface area contributed by atoms with Gasteiger partial charge in [0.2, 0.25) is 0 Å². The normalized spacial score (nSPS) is 19.5. The van der Waals surface area contributed by atoms with Gasteiger partial charge in [0.15, 0.2) is 34.0 Å². The molecule has 2 aromatic rings. The minimum Gasteiger partial charge on any atom is -0.489 e. The van der Waals surface area contributed by atoms with Crippen molar-refractivity contribution in [3.8, 4) is 17.2 Å². The maximum atomic E-state index is 13.5. The van der Waals surface area contributed by atoms with Crippen LogP contribution < -0.4 is 31.1 Å². The highest BCUT2D eigenvalue weighted by Crippen LogP contribution is 2.46. The summed E-state index contributed by atoms with van der Waals surface area (Å²) in [4.78, 5) is 29.7. The number of alkyl halides is 1. The number of amides is 2. The smallest absolute Gasteiger partial charge is 0.351 e. The van der Waals surface area contributed by atoms with E-state index < -0.39 is 28.6 Å². The molecule has 1 saturated heterocycles. The maximum absolute atomic E-state index is 13.5. The Morgan fingerprint density at radius 2 is 1.75 bits per heavy atom. The molecule has 2 aliphatic rings. The summed E-state index contributed by atoms with van der Waals surface area (Å²) >= 11 is 5.65. The second kappa shape index (κ2) is 15.1. The fourth-order valence-corrected chi connectivity index (χ4v) is 7.27. The summed E-state index contributed by atoms with van der Waals surface area (Å²) in [7, 11) is -4.22. The molecule has 2 aliphatic heterocycles. The quantitative estimate of drug-likeness (QED) is 0.0959. The van der Waals surface area contributed by atoms with Gasteiger partial charge in [-0.1, -0.05) is 47.6 Å². The molecule has 0 saturated carbocycles. The Kier molecular flexibility index (Phi) is 12.0. The van der Waals surface area contributed by atoms with Crippen molar-refractivity contribution in [3.63, 3.8) is 0 Å². The molecule has 2 amide bonds. The zero-order valence-corrected chi connectivity index (χ0v) is 32.9. The Balaban J connectivity index is 1.49. The number of aromatic nitrogens is 2. The maximum Gasteiger partial charge on any atom is 0.351 e. The molecule has 0 radical (unpaired) electrons. The number of fused-ring (bicyclic) bond motifs is 2. The van der Waals surface area contributed by atoms with E-state index in [4.69, 9.17) is 34.7 Å². The zero-order valence-electron chi connectivity index (χ0n) is 30.1. The molecule has 268 valence electrons. The molecular formula is C33H54ClN5O7Si2. The van der Waals surface area contributed by atoms with Crippen LogP contribution >= 0.6 is 11.6 Å². The monoisotopic (exact) mass is 723 g/mol. The predicted octanol–water partition coefficient (Wildman–Crippen LogP) is 7.10. The number of carbonyl (C=O) groups excluding carboxylic acids is 1. The Morgan fingerprint density at radius 3 is 2.42 bits per heavy atom. The zero-order chi connectivity index (χ0) is 35.5. The minimum absolute atomic E-state index is 0.00493. The van der Waals surface area contributed by atoms with Crippen LogP contribution in [-0.2, 0) is 13.6 Å². The van der Waals surface area contributed by atoms with Gasteiger partial charge in [-0.15, -0.1) is 11.6 Å². The first-order valence-electron chi connectivity index (χ1n) is 16.7. The lowest BCUT2D eigenvalue weighted by Crippen LogP contribution is -2.48. The van der Waals surface area contributed by atoms with Crippen molar-refractivity contribution < 1.29 is 27.9 Å². The van der Waals surface area contributed by atoms with E-state index >= 15 is 0 Å². The third-order valence-electron chi connectivity index (χ3n) is 9.77. The fourth-order valence-electron chi connectivity index (χ4n) is 4.76. The van der Waals surface area contributed by atoms with Crippen molar-refractivity contribution in [2.75, 3.05) is 37.5 Å². The van der Waals surface area contributed by atoms with Gasteiger partial charge in [0.1, 0.15) is 30.4 Å². The fraction of sp³-hybridized carbons (Fsp3) is 0.667. The van der Waals surface area contributed by atoms with Gasteiger partial charge in [0.05, 0.1) is 25.5 Å². The summed E-state index contributed by atoms with van der Waals surface area (Å²) < 4.78 is 33.7. The van der Waals surface area contributed by atoms with Crippen LogP contribution in [0.25, 0.3) is 0 Å². The largest absolute Gasteiger partial charge is 0.489 e. The van der Waals surface area contributed by atoms with E-state index in [0.29, 0.717) is 61.4 Å². The van der Waals surface area contributed by atoms with E-state index in [-0.39, 0.29) is 40.7 Å². The number of nitrogens with zero attached hydrogens (tertiary/aromatic N) is 2. The molecule has 0 spiro atoms. The molecule has 0 aliphatic carbocycles. The first-order chi connectivity index (χ1) is 22.3. The first kappa shape index (κ1) is 38.2. The molecule has 0 unspecified atom stereocenters. The summed E-state index contributed by atoms with van der Waals surface area (Å²) in [5.74, 6) is 2.18. The van der Waals surface area contributed by atoms with Crippen LogP contribution in [0.4, 0.5) is 16.3 Å². The van der Waals surface area contributed by atoms with Crippen molar-refractivity contribution in [1.29, 1.82) is 0 Å². The Hall–Kier alpha value is -2.63. The minimum atomic E-state index is -2.16. The van der Waals surface area contributed by atoms with Crippen molar-refractivity contribution >= 4 is 45.8 Å². The Morgan fingerprint density at radius 1 is 1.06 bits per heavy atom. The number of urea groups is 1. The van der Waals surface area contributed by atoms with Gasteiger partial charge in [0.25, 0.3) is 0 Å². The van der Waals surface area contributed by atoms with E-state index in [1.54, 1.807) is 18.3 Å². The van der Waals surface area contributed by atoms with Gasteiger partial charge in [-0.25, -0.2) is 9.59 Å². The molecule has 3 N–H and O–H groups in total.